The fraction of sp³-hybridized carbons (Fsp3) is 0.391. The molecule has 0 radical (unpaired) electrons. The van der Waals surface area contributed by atoms with Crippen molar-refractivity contribution in [3.05, 3.63) is 71.0 Å². The predicted octanol–water partition coefficient (Wildman–Crippen LogP) is 2.85. The Labute approximate surface area is 165 Å². The molecular formula is C23H27FN3O+. The molecular weight excluding hydrogens is 353 g/mol. The molecule has 2 atom stereocenters. The van der Waals surface area contributed by atoms with Crippen molar-refractivity contribution in [3.63, 3.8) is 0 Å². The lowest BCUT2D eigenvalue weighted by Crippen LogP contribution is -2.88. The third kappa shape index (κ3) is 4.76. The molecule has 0 aliphatic heterocycles. The Kier molecular flexibility index (Phi) is 6.11. The van der Waals surface area contributed by atoms with Crippen LogP contribution in [0.15, 0.2) is 48.5 Å². The number of carbonyl (C=O) groups is 1. The fourth-order valence-electron chi connectivity index (χ4n) is 3.57. The van der Waals surface area contributed by atoms with E-state index in [0.717, 1.165) is 30.4 Å². The lowest BCUT2D eigenvalue weighted by atomic mass is 9.96. The fourth-order valence-corrected chi connectivity index (χ4v) is 3.57. The SMILES string of the molecule is CCc1ccc([C@@H]([NH2+]CC(=O)N[C@](C)(C#N)C2CC2)c2cccc(F)c2)cc1. The number of aryl methyl sites for hydroxylation is 1. The van der Waals surface area contributed by atoms with Gasteiger partial charge in [0.2, 0.25) is 0 Å². The Hall–Kier alpha value is -2.71. The number of hydrogen-bond donors (Lipinski definition) is 2. The summed E-state index contributed by atoms with van der Waals surface area (Å²) in [5, 5.41) is 14.2. The number of halogens is 1. The van der Waals surface area contributed by atoms with E-state index in [0.29, 0.717) is 0 Å². The zero-order valence-electron chi connectivity index (χ0n) is 16.4. The molecule has 2 aromatic rings. The number of nitriles is 1. The second-order valence-electron chi connectivity index (χ2n) is 7.70. The molecule has 28 heavy (non-hydrogen) atoms. The van der Waals surface area contributed by atoms with Crippen LogP contribution in [0.25, 0.3) is 0 Å². The van der Waals surface area contributed by atoms with Gasteiger partial charge in [0.15, 0.2) is 6.54 Å². The number of rotatable bonds is 8. The molecule has 0 spiro atoms. The molecule has 1 fully saturated rings. The molecule has 4 nitrogen and oxygen atoms in total. The number of nitrogens with two attached hydrogens (primary N) is 1. The van der Waals surface area contributed by atoms with Gasteiger partial charge in [-0.25, -0.2) is 4.39 Å². The van der Waals surface area contributed by atoms with Crippen LogP contribution in [0.2, 0.25) is 0 Å². The first-order valence-corrected chi connectivity index (χ1v) is 9.85. The molecule has 3 rings (SSSR count). The minimum Gasteiger partial charge on any atom is -0.333 e. The van der Waals surface area contributed by atoms with E-state index < -0.39 is 5.54 Å². The molecule has 1 saturated carbocycles. The molecule has 0 heterocycles. The van der Waals surface area contributed by atoms with Gasteiger partial charge in [-0.3, -0.25) is 4.79 Å². The van der Waals surface area contributed by atoms with Gasteiger partial charge in [-0.15, -0.1) is 0 Å². The van der Waals surface area contributed by atoms with Crippen molar-refractivity contribution in [1.82, 2.24) is 5.32 Å². The molecule has 2 aromatic carbocycles. The number of quaternary nitrogens is 1. The zero-order valence-corrected chi connectivity index (χ0v) is 16.4. The first kappa shape index (κ1) is 20.0. The number of nitrogens with zero attached hydrogens (tertiary/aromatic N) is 1. The number of hydrogen-bond acceptors (Lipinski definition) is 2. The van der Waals surface area contributed by atoms with Gasteiger partial charge in [0.25, 0.3) is 5.91 Å². The third-order valence-corrected chi connectivity index (χ3v) is 5.52. The summed E-state index contributed by atoms with van der Waals surface area (Å²) in [6, 6.07) is 16.7. The van der Waals surface area contributed by atoms with E-state index in [1.807, 2.05) is 23.5 Å². The molecule has 3 N–H and O–H groups in total. The van der Waals surface area contributed by atoms with Crippen molar-refractivity contribution in [1.29, 1.82) is 5.26 Å². The maximum Gasteiger partial charge on any atom is 0.276 e. The van der Waals surface area contributed by atoms with E-state index in [9.17, 15) is 14.4 Å². The first-order valence-electron chi connectivity index (χ1n) is 9.85. The van der Waals surface area contributed by atoms with Gasteiger partial charge >= 0.3 is 0 Å². The molecule has 0 unspecified atom stereocenters. The summed E-state index contributed by atoms with van der Waals surface area (Å²) in [6.45, 7) is 4.05. The summed E-state index contributed by atoms with van der Waals surface area (Å²) in [7, 11) is 0. The Morgan fingerprint density at radius 3 is 2.57 bits per heavy atom. The molecule has 1 amide bonds. The van der Waals surface area contributed by atoms with Crippen molar-refractivity contribution in [2.75, 3.05) is 6.54 Å². The standard InChI is InChI=1S/C23H26FN3O/c1-3-16-7-9-17(10-8-16)22(18-5-4-6-20(24)13-18)26-14-21(28)27-23(2,15-25)19-11-12-19/h4-10,13,19,22,26H,3,11-12,14H2,1-2H3,(H,27,28)/p+1/t22-,23-/m1/s1. The van der Waals surface area contributed by atoms with Crippen LogP contribution < -0.4 is 10.6 Å². The van der Waals surface area contributed by atoms with Crippen molar-refractivity contribution in [2.24, 2.45) is 5.92 Å². The average molecular weight is 380 g/mol. The summed E-state index contributed by atoms with van der Waals surface area (Å²) < 4.78 is 13.8. The summed E-state index contributed by atoms with van der Waals surface area (Å²) in [5.74, 6) is -0.235. The second-order valence-corrected chi connectivity index (χ2v) is 7.70. The van der Waals surface area contributed by atoms with Crippen molar-refractivity contribution in [2.45, 2.75) is 44.7 Å². The van der Waals surface area contributed by atoms with Crippen molar-refractivity contribution < 1.29 is 14.5 Å². The maximum absolute atomic E-state index is 13.8. The smallest absolute Gasteiger partial charge is 0.276 e. The van der Waals surface area contributed by atoms with Gasteiger partial charge < -0.3 is 10.6 Å². The van der Waals surface area contributed by atoms with Crippen LogP contribution in [0.4, 0.5) is 4.39 Å². The first-order chi connectivity index (χ1) is 13.4. The number of nitrogens with one attached hydrogen (secondary N) is 1. The van der Waals surface area contributed by atoms with Crippen LogP contribution in [-0.2, 0) is 11.2 Å². The normalized spacial score (nSPS) is 16.6. The van der Waals surface area contributed by atoms with Gasteiger partial charge in [0.05, 0.1) is 6.07 Å². The summed E-state index contributed by atoms with van der Waals surface area (Å²) in [4.78, 5) is 12.5. The van der Waals surface area contributed by atoms with E-state index in [1.54, 1.807) is 13.0 Å². The lowest BCUT2D eigenvalue weighted by Gasteiger charge is -2.23. The Balaban J connectivity index is 1.75. The Morgan fingerprint density at radius 2 is 2.00 bits per heavy atom. The summed E-state index contributed by atoms with van der Waals surface area (Å²) in [6.07, 6.45) is 2.90. The maximum atomic E-state index is 13.8. The third-order valence-electron chi connectivity index (χ3n) is 5.52. The predicted molar refractivity (Wildman–Crippen MR) is 106 cm³/mol. The van der Waals surface area contributed by atoms with Crippen LogP contribution in [-0.4, -0.2) is 18.0 Å². The molecule has 0 aromatic heterocycles. The molecule has 146 valence electrons. The topological polar surface area (TPSA) is 69.5 Å². The van der Waals surface area contributed by atoms with E-state index in [4.69, 9.17) is 0 Å². The molecule has 0 bridgehead atoms. The van der Waals surface area contributed by atoms with Crippen LogP contribution >= 0.6 is 0 Å². The van der Waals surface area contributed by atoms with Gasteiger partial charge in [0, 0.05) is 11.1 Å². The average Bonchev–Trinajstić information content (AvgIpc) is 3.54. The largest absolute Gasteiger partial charge is 0.333 e. The van der Waals surface area contributed by atoms with E-state index in [-0.39, 0.29) is 30.2 Å². The Morgan fingerprint density at radius 1 is 1.29 bits per heavy atom. The number of amides is 1. The highest BCUT2D eigenvalue weighted by Crippen LogP contribution is 2.39. The van der Waals surface area contributed by atoms with Crippen LogP contribution in [0.5, 0.6) is 0 Å². The van der Waals surface area contributed by atoms with Gasteiger partial charge in [-0.2, -0.15) is 5.26 Å². The Bertz CT molecular complexity index is 870. The lowest BCUT2D eigenvalue weighted by molar-refractivity contribution is -0.676. The van der Waals surface area contributed by atoms with Crippen molar-refractivity contribution in [3.8, 4) is 6.07 Å². The van der Waals surface area contributed by atoms with Gasteiger partial charge in [0.1, 0.15) is 17.4 Å². The van der Waals surface area contributed by atoms with E-state index in [2.05, 4.69) is 30.4 Å². The highest BCUT2D eigenvalue weighted by Gasteiger charge is 2.43. The van der Waals surface area contributed by atoms with Gasteiger partial charge in [-0.1, -0.05) is 43.3 Å². The minimum atomic E-state index is -0.804. The molecule has 1 aliphatic carbocycles. The minimum absolute atomic E-state index is 0.167. The van der Waals surface area contributed by atoms with Crippen LogP contribution in [0, 0.1) is 23.1 Å². The molecule has 1 aliphatic rings. The van der Waals surface area contributed by atoms with E-state index in [1.165, 1.54) is 17.7 Å². The second kappa shape index (κ2) is 8.53. The van der Waals surface area contributed by atoms with Crippen LogP contribution in [0.1, 0.15) is 49.4 Å². The van der Waals surface area contributed by atoms with Crippen LogP contribution in [0.3, 0.4) is 0 Å². The summed E-state index contributed by atoms with van der Waals surface area (Å²) in [5.41, 5.74) is 2.25. The summed E-state index contributed by atoms with van der Waals surface area (Å²) >= 11 is 0. The number of benzene rings is 2. The zero-order chi connectivity index (χ0) is 20.1. The molecule has 5 heteroatoms. The highest BCUT2D eigenvalue weighted by atomic mass is 19.1. The van der Waals surface area contributed by atoms with Gasteiger partial charge in [-0.05, 0) is 49.8 Å². The quantitative estimate of drug-likeness (QED) is 0.739. The number of carbonyl (C=O) groups excluding carboxylic acids is 1. The molecule has 0 saturated heterocycles. The monoisotopic (exact) mass is 380 g/mol. The van der Waals surface area contributed by atoms with E-state index >= 15 is 0 Å². The highest BCUT2D eigenvalue weighted by molar-refractivity contribution is 5.78. The van der Waals surface area contributed by atoms with Crippen molar-refractivity contribution >= 4 is 5.91 Å².